The van der Waals surface area contributed by atoms with Gasteiger partial charge in [-0.1, -0.05) is 22.9 Å². The maximum absolute atomic E-state index is 13.0. The van der Waals surface area contributed by atoms with Crippen molar-refractivity contribution in [2.75, 3.05) is 5.32 Å². The number of hydrogen-bond donors (Lipinski definition) is 1. The molecule has 1 aromatic carbocycles. The lowest BCUT2D eigenvalue weighted by Gasteiger charge is -2.10. The minimum atomic E-state index is -0.529. The summed E-state index contributed by atoms with van der Waals surface area (Å²) in [5, 5.41) is 2.77. The fourth-order valence-electron chi connectivity index (χ4n) is 1.71. The van der Waals surface area contributed by atoms with E-state index >= 15 is 0 Å². The predicted molar refractivity (Wildman–Crippen MR) is 75.7 cm³/mol. The second-order valence-electron chi connectivity index (χ2n) is 4.00. The Hall–Kier alpha value is -1.75. The Bertz CT molecular complexity index is 616. The molecule has 0 bridgehead atoms. The summed E-state index contributed by atoms with van der Waals surface area (Å²) in [4.78, 5) is 15.7. The highest BCUT2D eigenvalue weighted by Gasteiger charge is 2.10. The molecule has 0 saturated carbocycles. The third-order valence-corrected chi connectivity index (χ3v) is 3.16. The van der Waals surface area contributed by atoms with Crippen molar-refractivity contribution < 1.29 is 9.18 Å². The molecule has 0 aliphatic heterocycles. The van der Waals surface area contributed by atoms with Gasteiger partial charge in [0.05, 0.1) is 11.8 Å². The number of hydrogen-bond acceptors (Lipinski definition) is 2. The van der Waals surface area contributed by atoms with Crippen molar-refractivity contribution in [3.63, 3.8) is 0 Å². The van der Waals surface area contributed by atoms with Crippen LogP contribution in [0.15, 0.2) is 41.1 Å². The average molecular weight is 323 g/mol. The van der Waals surface area contributed by atoms with Crippen molar-refractivity contribution in [2.45, 2.75) is 13.3 Å². The molecule has 3 nitrogen and oxygen atoms in total. The SMILES string of the molecule is CCc1cc(Br)ccc1NC(=O)c1cncc(F)c1. The molecule has 1 aromatic heterocycles. The van der Waals surface area contributed by atoms with E-state index in [1.54, 1.807) is 0 Å². The van der Waals surface area contributed by atoms with Gasteiger partial charge in [-0.05, 0) is 36.2 Å². The molecule has 0 fully saturated rings. The Morgan fingerprint density at radius 2 is 2.16 bits per heavy atom. The van der Waals surface area contributed by atoms with E-state index in [4.69, 9.17) is 0 Å². The minimum Gasteiger partial charge on any atom is -0.322 e. The molecule has 2 aromatic rings. The molecule has 0 spiro atoms. The van der Waals surface area contributed by atoms with Crippen LogP contribution < -0.4 is 5.32 Å². The van der Waals surface area contributed by atoms with Crippen molar-refractivity contribution >= 4 is 27.5 Å². The van der Waals surface area contributed by atoms with Crippen LogP contribution in [0.2, 0.25) is 0 Å². The Morgan fingerprint density at radius 3 is 2.84 bits per heavy atom. The Morgan fingerprint density at radius 1 is 1.37 bits per heavy atom. The van der Waals surface area contributed by atoms with Crippen molar-refractivity contribution in [1.82, 2.24) is 4.98 Å². The van der Waals surface area contributed by atoms with Crippen molar-refractivity contribution in [2.24, 2.45) is 0 Å². The molecule has 1 amide bonds. The van der Waals surface area contributed by atoms with Gasteiger partial charge in [0, 0.05) is 16.4 Å². The highest BCUT2D eigenvalue weighted by Crippen LogP contribution is 2.22. The molecule has 1 heterocycles. The van der Waals surface area contributed by atoms with E-state index in [1.807, 2.05) is 25.1 Å². The number of aromatic nitrogens is 1. The number of carbonyl (C=O) groups excluding carboxylic acids is 1. The van der Waals surface area contributed by atoms with Gasteiger partial charge in [0.2, 0.25) is 0 Å². The number of halogens is 2. The first-order chi connectivity index (χ1) is 9.10. The van der Waals surface area contributed by atoms with Crippen LogP contribution in [-0.2, 0) is 6.42 Å². The number of pyridine rings is 1. The number of aryl methyl sites for hydroxylation is 1. The first-order valence-electron chi connectivity index (χ1n) is 5.80. The Balaban J connectivity index is 2.24. The summed E-state index contributed by atoms with van der Waals surface area (Å²) in [6.45, 7) is 2.00. The van der Waals surface area contributed by atoms with E-state index in [0.29, 0.717) is 0 Å². The van der Waals surface area contributed by atoms with Gasteiger partial charge in [-0.15, -0.1) is 0 Å². The van der Waals surface area contributed by atoms with Gasteiger partial charge in [0.25, 0.3) is 5.91 Å². The highest BCUT2D eigenvalue weighted by molar-refractivity contribution is 9.10. The van der Waals surface area contributed by atoms with Crippen LogP contribution >= 0.6 is 15.9 Å². The molecule has 0 aliphatic rings. The fraction of sp³-hybridized carbons (Fsp3) is 0.143. The quantitative estimate of drug-likeness (QED) is 0.933. The van der Waals surface area contributed by atoms with Gasteiger partial charge in [-0.3, -0.25) is 9.78 Å². The summed E-state index contributed by atoms with van der Waals surface area (Å²) < 4.78 is 14.0. The van der Waals surface area contributed by atoms with Crippen LogP contribution in [0.1, 0.15) is 22.8 Å². The van der Waals surface area contributed by atoms with Crippen molar-refractivity contribution in [3.05, 3.63) is 58.1 Å². The zero-order valence-corrected chi connectivity index (χ0v) is 11.9. The van der Waals surface area contributed by atoms with E-state index in [0.717, 1.165) is 34.4 Å². The second kappa shape index (κ2) is 5.93. The number of nitrogens with zero attached hydrogens (tertiary/aromatic N) is 1. The number of nitrogens with one attached hydrogen (secondary N) is 1. The minimum absolute atomic E-state index is 0.199. The molecule has 1 N–H and O–H groups in total. The van der Waals surface area contributed by atoms with Gasteiger partial charge in [-0.25, -0.2) is 4.39 Å². The molecule has 98 valence electrons. The van der Waals surface area contributed by atoms with E-state index in [2.05, 4.69) is 26.2 Å². The standard InChI is InChI=1S/C14H12BrFN2O/c1-2-9-5-11(15)3-4-13(9)18-14(19)10-6-12(16)8-17-7-10/h3-8H,2H2,1H3,(H,18,19). The van der Waals surface area contributed by atoms with Gasteiger partial charge >= 0.3 is 0 Å². The number of amides is 1. The lowest BCUT2D eigenvalue weighted by Crippen LogP contribution is -2.13. The largest absolute Gasteiger partial charge is 0.322 e. The smallest absolute Gasteiger partial charge is 0.257 e. The number of rotatable bonds is 3. The summed E-state index contributed by atoms with van der Waals surface area (Å²) in [6, 6.07) is 6.76. The second-order valence-corrected chi connectivity index (χ2v) is 4.92. The average Bonchev–Trinajstić information content (AvgIpc) is 2.40. The predicted octanol–water partition coefficient (Wildman–Crippen LogP) is 3.80. The van der Waals surface area contributed by atoms with Crippen LogP contribution in [0.3, 0.4) is 0 Å². The molecule has 0 saturated heterocycles. The van der Waals surface area contributed by atoms with E-state index < -0.39 is 5.82 Å². The van der Waals surface area contributed by atoms with Crippen LogP contribution in [0.4, 0.5) is 10.1 Å². The summed E-state index contributed by atoms with van der Waals surface area (Å²) >= 11 is 3.39. The maximum atomic E-state index is 13.0. The molecule has 0 unspecified atom stereocenters. The molecular weight excluding hydrogens is 311 g/mol. The third kappa shape index (κ3) is 3.38. The zero-order chi connectivity index (χ0) is 13.8. The fourth-order valence-corrected chi connectivity index (χ4v) is 2.12. The van der Waals surface area contributed by atoms with E-state index in [-0.39, 0.29) is 11.5 Å². The van der Waals surface area contributed by atoms with E-state index in [1.165, 1.54) is 6.20 Å². The number of carbonyl (C=O) groups is 1. The Labute approximate surface area is 119 Å². The first kappa shape index (κ1) is 13.7. The zero-order valence-electron chi connectivity index (χ0n) is 10.3. The monoisotopic (exact) mass is 322 g/mol. The topological polar surface area (TPSA) is 42.0 Å². The summed E-state index contributed by atoms with van der Waals surface area (Å²) in [5.74, 6) is -0.900. The lowest BCUT2D eigenvalue weighted by molar-refractivity contribution is 0.102. The molecule has 5 heteroatoms. The maximum Gasteiger partial charge on any atom is 0.257 e. The molecule has 0 atom stereocenters. The number of benzene rings is 1. The van der Waals surface area contributed by atoms with Gasteiger partial charge in [0.15, 0.2) is 0 Å². The van der Waals surface area contributed by atoms with Gasteiger partial charge in [-0.2, -0.15) is 0 Å². The summed E-state index contributed by atoms with van der Waals surface area (Å²) in [6.07, 6.45) is 3.19. The van der Waals surface area contributed by atoms with Crippen LogP contribution in [0.5, 0.6) is 0 Å². The van der Waals surface area contributed by atoms with Crippen molar-refractivity contribution in [1.29, 1.82) is 0 Å². The Kier molecular flexibility index (Phi) is 4.27. The third-order valence-electron chi connectivity index (χ3n) is 2.66. The summed E-state index contributed by atoms with van der Waals surface area (Å²) in [5.41, 5.74) is 1.93. The molecule has 0 radical (unpaired) electrons. The lowest BCUT2D eigenvalue weighted by atomic mass is 10.1. The van der Waals surface area contributed by atoms with Crippen LogP contribution in [0, 0.1) is 5.82 Å². The van der Waals surface area contributed by atoms with Crippen LogP contribution in [0.25, 0.3) is 0 Å². The summed E-state index contributed by atoms with van der Waals surface area (Å²) in [7, 11) is 0. The van der Waals surface area contributed by atoms with E-state index in [9.17, 15) is 9.18 Å². The van der Waals surface area contributed by atoms with Crippen molar-refractivity contribution in [3.8, 4) is 0 Å². The molecular formula is C14H12BrFN2O. The van der Waals surface area contributed by atoms with Gasteiger partial charge < -0.3 is 5.32 Å². The van der Waals surface area contributed by atoms with Gasteiger partial charge in [0.1, 0.15) is 5.82 Å². The molecule has 0 aliphatic carbocycles. The molecule has 2 rings (SSSR count). The number of anilines is 1. The normalized spacial score (nSPS) is 10.3. The van der Waals surface area contributed by atoms with Crippen LogP contribution in [-0.4, -0.2) is 10.9 Å². The highest BCUT2D eigenvalue weighted by atomic mass is 79.9. The first-order valence-corrected chi connectivity index (χ1v) is 6.59. The molecule has 19 heavy (non-hydrogen) atoms.